The van der Waals surface area contributed by atoms with Crippen LogP contribution in [0.2, 0.25) is 5.02 Å². The van der Waals surface area contributed by atoms with Gasteiger partial charge in [0.25, 0.3) is 0 Å². The molecule has 0 radical (unpaired) electrons. The highest BCUT2D eigenvalue weighted by Crippen LogP contribution is 2.37. The Morgan fingerprint density at radius 2 is 2.00 bits per heavy atom. The number of hydrogen-bond donors (Lipinski definition) is 3. The van der Waals surface area contributed by atoms with Gasteiger partial charge in [0.15, 0.2) is 5.82 Å². The van der Waals surface area contributed by atoms with Crippen LogP contribution in [-0.2, 0) is 14.8 Å². The number of rotatable bonds is 9. The Balaban J connectivity index is 2.02. The molecule has 2 aromatic heterocycles. The number of amides is 1. The second-order valence-corrected chi connectivity index (χ2v) is 9.95. The number of anilines is 2. The number of halogens is 2. The number of alkyl carbamates (subject to hydrolysis) is 1. The molecule has 188 valence electrons. The van der Waals surface area contributed by atoms with E-state index >= 15 is 4.39 Å². The highest BCUT2D eigenvalue weighted by molar-refractivity contribution is 7.92. The van der Waals surface area contributed by atoms with Gasteiger partial charge in [-0.3, -0.25) is 9.40 Å². The molecule has 0 saturated carbocycles. The first-order valence-corrected chi connectivity index (χ1v) is 12.7. The van der Waals surface area contributed by atoms with E-state index < -0.39 is 21.9 Å². The van der Waals surface area contributed by atoms with E-state index in [4.69, 9.17) is 11.6 Å². The van der Waals surface area contributed by atoms with Gasteiger partial charge in [-0.25, -0.2) is 27.6 Å². The van der Waals surface area contributed by atoms with Crippen molar-refractivity contribution in [3.8, 4) is 22.5 Å². The molecule has 3 rings (SSSR count). The summed E-state index contributed by atoms with van der Waals surface area (Å²) in [7, 11) is -2.48. The maximum atomic E-state index is 15.4. The molecule has 0 unspecified atom stereocenters. The van der Waals surface area contributed by atoms with Gasteiger partial charge < -0.3 is 15.4 Å². The summed E-state index contributed by atoms with van der Waals surface area (Å²) in [4.78, 5) is 19.8. The minimum atomic E-state index is -3.75. The Labute approximate surface area is 207 Å². The van der Waals surface area contributed by atoms with Crippen LogP contribution in [-0.4, -0.2) is 60.7 Å². The van der Waals surface area contributed by atoms with Crippen LogP contribution in [0.15, 0.2) is 30.6 Å². The van der Waals surface area contributed by atoms with Crippen molar-refractivity contribution in [3.05, 3.63) is 41.4 Å². The van der Waals surface area contributed by atoms with Gasteiger partial charge in [0.05, 0.1) is 24.7 Å². The molecule has 1 amide bonds. The number of carbonyl (C=O) groups is 1. The van der Waals surface area contributed by atoms with Crippen molar-refractivity contribution in [2.75, 3.05) is 36.5 Å². The standard InChI is InChI=1S/C21H25ClFN7O4S/c1-12(2)30-11-15(16-5-6-24-20(27-16)25-7-8-26-21(31)34-3)19(28-30)14-9-13(22)10-17(18(14)23)29-35(4,32)33/h5-6,9-12,29H,7-8H2,1-4H3,(H,26,31)(H,24,25,27). The monoisotopic (exact) mass is 525 g/mol. The predicted octanol–water partition coefficient (Wildman–Crippen LogP) is 3.52. The second-order valence-electron chi connectivity index (χ2n) is 7.76. The van der Waals surface area contributed by atoms with Gasteiger partial charge in [0.2, 0.25) is 16.0 Å². The third-order valence-corrected chi connectivity index (χ3v) is 5.45. The smallest absolute Gasteiger partial charge is 0.406 e. The topological polar surface area (TPSA) is 140 Å². The normalized spacial score (nSPS) is 11.4. The summed E-state index contributed by atoms with van der Waals surface area (Å²) in [6, 6.07) is 4.15. The molecule has 14 heteroatoms. The van der Waals surface area contributed by atoms with E-state index in [1.165, 1.54) is 25.4 Å². The molecule has 1 aromatic carbocycles. The SMILES string of the molecule is COC(=O)NCCNc1nccc(-c2cn(C(C)C)nc2-c2cc(Cl)cc(NS(C)(=O)=O)c2F)n1. The molecule has 0 spiro atoms. The maximum Gasteiger partial charge on any atom is 0.406 e. The molecule has 0 aliphatic rings. The molecule has 3 aromatic rings. The fourth-order valence-electron chi connectivity index (χ4n) is 3.08. The fourth-order valence-corrected chi connectivity index (χ4v) is 3.85. The third kappa shape index (κ3) is 6.79. The van der Waals surface area contributed by atoms with Crippen LogP contribution in [0.3, 0.4) is 0 Å². The first-order valence-electron chi connectivity index (χ1n) is 10.4. The van der Waals surface area contributed by atoms with Crippen molar-refractivity contribution in [3.63, 3.8) is 0 Å². The summed E-state index contributed by atoms with van der Waals surface area (Å²) in [5.41, 5.74) is 0.884. The number of nitrogens with one attached hydrogen (secondary N) is 3. The molecule has 35 heavy (non-hydrogen) atoms. The summed E-state index contributed by atoms with van der Waals surface area (Å²) in [5.74, 6) is -0.542. The maximum absolute atomic E-state index is 15.4. The molecule has 0 aliphatic heterocycles. The predicted molar refractivity (Wildman–Crippen MR) is 131 cm³/mol. The van der Waals surface area contributed by atoms with E-state index in [0.29, 0.717) is 17.8 Å². The molecular formula is C21H25ClFN7O4S. The van der Waals surface area contributed by atoms with E-state index in [1.54, 1.807) is 16.9 Å². The van der Waals surface area contributed by atoms with Crippen LogP contribution in [0.5, 0.6) is 0 Å². The summed E-state index contributed by atoms with van der Waals surface area (Å²) < 4.78 is 47.1. The number of nitrogens with zero attached hydrogens (tertiary/aromatic N) is 4. The number of hydrogen-bond acceptors (Lipinski definition) is 8. The summed E-state index contributed by atoms with van der Waals surface area (Å²) in [6.45, 7) is 4.43. The Morgan fingerprint density at radius 1 is 1.26 bits per heavy atom. The van der Waals surface area contributed by atoms with Crippen molar-refractivity contribution in [1.29, 1.82) is 0 Å². The Morgan fingerprint density at radius 3 is 2.66 bits per heavy atom. The van der Waals surface area contributed by atoms with Gasteiger partial charge in [0, 0.05) is 47.7 Å². The largest absolute Gasteiger partial charge is 0.453 e. The zero-order valence-corrected chi connectivity index (χ0v) is 21.0. The number of ether oxygens (including phenoxy) is 1. The summed E-state index contributed by atoms with van der Waals surface area (Å²) >= 11 is 6.19. The van der Waals surface area contributed by atoms with Crippen molar-refractivity contribution in [2.45, 2.75) is 19.9 Å². The highest BCUT2D eigenvalue weighted by atomic mass is 35.5. The minimum Gasteiger partial charge on any atom is -0.453 e. The number of sulfonamides is 1. The van der Waals surface area contributed by atoms with Crippen molar-refractivity contribution in [1.82, 2.24) is 25.1 Å². The third-order valence-electron chi connectivity index (χ3n) is 4.64. The molecular weight excluding hydrogens is 501 g/mol. The van der Waals surface area contributed by atoms with E-state index in [-0.39, 0.29) is 40.5 Å². The van der Waals surface area contributed by atoms with Gasteiger partial charge in [-0.1, -0.05) is 11.6 Å². The average molecular weight is 526 g/mol. The number of carbonyl (C=O) groups excluding carboxylic acids is 1. The quantitative estimate of drug-likeness (QED) is 0.360. The lowest BCUT2D eigenvalue weighted by atomic mass is 10.0. The Kier molecular flexibility index (Phi) is 8.12. The lowest BCUT2D eigenvalue weighted by Gasteiger charge is -2.11. The zero-order chi connectivity index (χ0) is 25.8. The van der Waals surface area contributed by atoms with Crippen molar-refractivity contribution >= 4 is 39.4 Å². The number of methoxy groups -OCH3 is 1. The molecule has 3 N–H and O–H groups in total. The lowest BCUT2D eigenvalue weighted by Crippen LogP contribution is -2.28. The van der Waals surface area contributed by atoms with Crippen molar-refractivity contribution in [2.24, 2.45) is 0 Å². The fraction of sp³-hybridized carbons (Fsp3) is 0.333. The molecule has 2 heterocycles. The molecule has 0 atom stereocenters. The van der Waals surface area contributed by atoms with Gasteiger partial charge >= 0.3 is 6.09 Å². The summed E-state index contributed by atoms with van der Waals surface area (Å²) in [5, 5.41) is 10.2. The zero-order valence-electron chi connectivity index (χ0n) is 19.5. The Hall–Kier alpha value is -3.45. The van der Waals surface area contributed by atoms with Crippen LogP contribution < -0.4 is 15.4 Å². The first kappa shape index (κ1) is 26.2. The van der Waals surface area contributed by atoms with Crippen LogP contribution in [0.1, 0.15) is 19.9 Å². The van der Waals surface area contributed by atoms with Crippen LogP contribution in [0.4, 0.5) is 20.8 Å². The molecule has 0 fully saturated rings. The van der Waals surface area contributed by atoms with E-state index in [0.717, 1.165) is 6.26 Å². The van der Waals surface area contributed by atoms with Crippen molar-refractivity contribution < 1.29 is 22.3 Å². The van der Waals surface area contributed by atoms with E-state index in [1.807, 2.05) is 13.8 Å². The van der Waals surface area contributed by atoms with Gasteiger partial charge in [0.1, 0.15) is 5.69 Å². The minimum absolute atomic E-state index is 0.00782. The Bertz CT molecular complexity index is 1330. The second kappa shape index (κ2) is 10.9. The van der Waals surface area contributed by atoms with Crippen LogP contribution in [0.25, 0.3) is 22.5 Å². The number of aromatic nitrogens is 4. The lowest BCUT2D eigenvalue weighted by molar-refractivity contribution is 0.171. The molecule has 11 nitrogen and oxygen atoms in total. The molecule has 0 aliphatic carbocycles. The summed E-state index contributed by atoms with van der Waals surface area (Å²) in [6.07, 6.45) is 3.61. The van der Waals surface area contributed by atoms with Gasteiger partial charge in [-0.2, -0.15) is 5.10 Å². The van der Waals surface area contributed by atoms with Gasteiger partial charge in [-0.05, 0) is 32.0 Å². The number of benzene rings is 1. The van der Waals surface area contributed by atoms with Crippen LogP contribution in [0, 0.1) is 5.82 Å². The highest BCUT2D eigenvalue weighted by Gasteiger charge is 2.22. The average Bonchev–Trinajstić information content (AvgIpc) is 3.23. The molecule has 0 saturated heterocycles. The molecule has 0 bridgehead atoms. The first-order chi connectivity index (χ1) is 16.5. The van der Waals surface area contributed by atoms with E-state index in [9.17, 15) is 13.2 Å². The van der Waals surface area contributed by atoms with E-state index in [2.05, 4.69) is 35.2 Å². The van der Waals surface area contributed by atoms with Crippen LogP contribution >= 0.6 is 11.6 Å². The van der Waals surface area contributed by atoms with Gasteiger partial charge in [-0.15, -0.1) is 0 Å².